The molecule has 0 spiro atoms. The normalized spacial score (nSPS) is 20.1. The summed E-state index contributed by atoms with van der Waals surface area (Å²) in [6.45, 7) is 0. The van der Waals surface area contributed by atoms with Crippen LogP contribution in [-0.4, -0.2) is 10.8 Å². The Bertz CT molecular complexity index is 875. The fourth-order valence-electron chi connectivity index (χ4n) is 3.30. The van der Waals surface area contributed by atoms with Crippen molar-refractivity contribution in [3.05, 3.63) is 102 Å². The van der Waals surface area contributed by atoms with E-state index in [0.29, 0.717) is 5.75 Å². The first-order chi connectivity index (χ1) is 12.3. The van der Waals surface area contributed by atoms with Crippen LogP contribution in [0.2, 0.25) is 0 Å². The second-order valence-electron chi connectivity index (χ2n) is 6.24. The number of benzene rings is 3. The molecule has 0 unspecified atom stereocenters. The van der Waals surface area contributed by atoms with Gasteiger partial charge in [0.2, 0.25) is 0 Å². The van der Waals surface area contributed by atoms with Gasteiger partial charge in [-0.05, 0) is 17.2 Å². The molecule has 1 aliphatic rings. The number of nitrogens with zero attached hydrogens (tertiary/aromatic N) is 1. The zero-order valence-corrected chi connectivity index (χ0v) is 13.8. The van der Waals surface area contributed by atoms with Crippen molar-refractivity contribution in [2.45, 2.75) is 18.6 Å². The SMILES string of the molecule is Oc1ccccc1[C@H]1CC(c2ccccc2)=N[C@@H](c2ccccc2)N1. The monoisotopic (exact) mass is 328 g/mol. The van der Waals surface area contributed by atoms with E-state index in [4.69, 9.17) is 4.99 Å². The maximum absolute atomic E-state index is 10.3. The predicted octanol–water partition coefficient (Wildman–Crippen LogP) is 4.61. The van der Waals surface area contributed by atoms with Gasteiger partial charge in [0.15, 0.2) is 0 Å². The number of hydrogen-bond donors (Lipinski definition) is 2. The van der Waals surface area contributed by atoms with Crippen LogP contribution in [0.3, 0.4) is 0 Å². The fraction of sp³-hybridized carbons (Fsp3) is 0.136. The Morgan fingerprint density at radius 1 is 0.800 bits per heavy atom. The second kappa shape index (κ2) is 6.91. The largest absolute Gasteiger partial charge is 0.508 e. The standard InChI is InChI=1S/C22H20N2O/c25-21-14-8-7-13-18(21)20-15-19(16-9-3-1-4-10-16)23-22(24-20)17-11-5-2-6-12-17/h1-14,20,22,24-25H,15H2/t20-,22-/m1/s1. The molecule has 2 atom stereocenters. The van der Waals surface area contributed by atoms with E-state index in [9.17, 15) is 5.11 Å². The van der Waals surface area contributed by atoms with Gasteiger partial charge in [-0.1, -0.05) is 78.9 Å². The Kier molecular flexibility index (Phi) is 4.32. The van der Waals surface area contributed by atoms with Crippen molar-refractivity contribution in [2.24, 2.45) is 4.99 Å². The summed E-state index contributed by atoms with van der Waals surface area (Å²) in [6, 6.07) is 28.0. The molecule has 2 N–H and O–H groups in total. The van der Waals surface area contributed by atoms with Crippen molar-refractivity contribution in [3.8, 4) is 5.75 Å². The zero-order chi connectivity index (χ0) is 17.1. The minimum Gasteiger partial charge on any atom is -0.508 e. The van der Waals surface area contributed by atoms with Crippen LogP contribution in [0.1, 0.15) is 35.3 Å². The average Bonchev–Trinajstić information content (AvgIpc) is 2.69. The van der Waals surface area contributed by atoms with Gasteiger partial charge in [0.05, 0.1) is 0 Å². The smallest absolute Gasteiger partial charge is 0.126 e. The number of phenols is 1. The Labute approximate surface area is 147 Å². The number of hydrogen-bond acceptors (Lipinski definition) is 3. The minimum atomic E-state index is -0.130. The van der Waals surface area contributed by atoms with Crippen molar-refractivity contribution in [3.63, 3.8) is 0 Å². The summed E-state index contributed by atoms with van der Waals surface area (Å²) in [5.74, 6) is 0.320. The number of rotatable bonds is 3. The van der Waals surface area contributed by atoms with Crippen LogP contribution in [0.25, 0.3) is 0 Å². The van der Waals surface area contributed by atoms with Crippen LogP contribution in [0.4, 0.5) is 0 Å². The summed E-state index contributed by atoms with van der Waals surface area (Å²) in [4.78, 5) is 4.95. The van der Waals surface area contributed by atoms with Crippen LogP contribution >= 0.6 is 0 Å². The molecule has 0 radical (unpaired) electrons. The molecule has 0 amide bonds. The molecule has 3 heteroatoms. The first-order valence-electron chi connectivity index (χ1n) is 8.52. The summed E-state index contributed by atoms with van der Waals surface area (Å²) < 4.78 is 0. The molecular weight excluding hydrogens is 308 g/mol. The van der Waals surface area contributed by atoms with Crippen molar-refractivity contribution < 1.29 is 5.11 Å². The lowest BCUT2D eigenvalue weighted by molar-refractivity contribution is 0.413. The van der Waals surface area contributed by atoms with E-state index in [2.05, 4.69) is 29.6 Å². The lowest BCUT2D eigenvalue weighted by atomic mass is 9.93. The van der Waals surface area contributed by atoms with E-state index in [1.807, 2.05) is 54.6 Å². The molecule has 0 saturated carbocycles. The van der Waals surface area contributed by atoms with Crippen LogP contribution in [-0.2, 0) is 0 Å². The average molecular weight is 328 g/mol. The van der Waals surface area contributed by atoms with Crippen LogP contribution in [0, 0.1) is 0 Å². The van der Waals surface area contributed by atoms with Gasteiger partial charge in [0, 0.05) is 23.7 Å². The van der Waals surface area contributed by atoms with Gasteiger partial charge in [-0.25, -0.2) is 0 Å². The quantitative estimate of drug-likeness (QED) is 0.737. The van der Waals surface area contributed by atoms with E-state index in [1.165, 1.54) is 0 Å². The lowest BCUT2D eigenvalue weighted by Gasteiger charge is -2.31. The van der Waals surface area contributed by atoms with Gasteiger partial charge >= 0.3 is 0 Å². The highest BCUT2D eigenvalue weighted by atomic mass is 16.3. The van der Waals surface area contributed by atoms with Crippen LogP contribution in [0.5, 0.6) is 5.75 Å². The molecule has 0 aliphatic carbocycles. The minimum absolute atomic E-state index is 0.0131. The molecule has 1 heterocycles. The van der Waals surface area contributed by atoms with E-state index >= 15 is 0 Å². The van der Waals surface area contributed by atoms with E-state index < -0.39 is 0 Å². The molecule has 124 valence electrons. The summed E-state index contributed by atoms with van der Waals surface area (Å²) >= 11 is 0. The van der Waals surface area contributed by atoms with Gasteiger partial charge in [-0.3, -0.25) is 10.3 Å². The number of aromatic hydroxyl groups is 1. The molecule has 25 heavy (non-hydrogen) atoms. The van der Waals surface area contributed by atoms with Gasteiger partial charge < -0.3 is 5.11 Å². The first-order valence-corrected chi connectivity index (χ1v) is 8.52. The number of nitrogens with one attached hydrogen (secondary N) is 1. The summed E-state index contributed by atoms with van der Waals surface area (Å²) in [7, 11) is 0. The highest BCUT2D eigenvalue weighted by molar-refractivity contribution is 6.01. The topological polar surface area (TPSA) is 44.6 Å². The van der Waals surface area contributed by atoms with E-state index in [-0.39, 0.29) is 12.2 Å². The van der Waals surface area contributed by atoms with Gasteiger partial charge in [0.1, 0.15) is 11.9 Å². The Morgan fingerprint density at radius 2 is 1.44 bits per heavy atom. The molecule has 0 fully saturated rings. The fourth-order valence-corrected chi connectivity index (χ4v) is 3.30. The first kappa shape index (κ1) is 15.6. The van der Waals surface area contributed by atoms with Gasteiger partial charge in [-0.2, -0.15) is 0 Å². The molecule has 3 nitrogen and oxygen atoms in total. The van der Waals surface area contributed by atoms with Crippen molar-refractivity contribution in [1.82, 2.24) is 5.32 Å². The molecule has 0 aromatic heterocycles. The Balaban J connectivity index is 1.75. The Morgan fingerprint density at radius 3 is 2.16 bits per heavy atom. The second-order valence-corrected chi connectivity index (χ2v) is 6.24. The molecule has 3 aromatic carbocycles. The Hall–Kier alpha value is -2.91. The summed E-state index contributed by atoms with van der Waals surface area (Å²) in [5.41, 5.74) is 4.22. The molecule has 4 rings (SSSR count). The zero-order valence-electron chi connectivity index (χ0n) is 13.8. The van der Waals surface area contributed by atoms with E-state index in [0.717, 1.165) is 28.8 Å². The molecular formula is C22H20N2O. The number of aliphatic imine (C=N–C) groups is 1. The number of phenolic OH excluding ortho intramolecular Hbond substituents is 1. The molecule has 1 aliphatic heterocycles. The molecule has 0 saturated heterocycles. The summed E-state index contributed by atoms with van der Waals surface area (Å²) in [6.07, 6.45) is 0.611. The maximum Gasteiger partial charge on any atom is 0.126 e. The van der Waals surface area contributed by atoms with Crippen LogP contribution < -0.4 is 5.32 Å². The van der Waals surface area contributed by atoms with Crippen molar-refractivity contribution in [2.75, 3.05) is 0 Å². The summed E-state index contributed by atoms with van der Waals surface area (Å²) in [5, 5.41) is 13.9. The predicted molar refractivity (Wildman–Crippen MR) is 101 cm³/mol. The van der Waals surface area contributed by atoms with Gasteiger partial charge in [0.25, 0.3) is 0 Å². The maximum atomic E-state index is 10.3. The van der Waals surface area contributed by atoms with E-state index in [1.54, 1.807) is 6.07 Å². The van der Waals surface area contributed by atoms with Gasteiger partial charge in [-0.15, -0.1) is 0 Å². The molecule has 3 aromatic rings. The third-order valence-electron chi connectivity index (χ3n) is 4.58. The third-order valence-corrected chi connectivity index (χ3v) is 4.58. The van der Waals surface area contributed by atoms with Crippen molar-refractivity contribution in [1.29, 1.82) is 0 Å². The molecule has 0 bridgehead atoms. The van der Waals surface area contributed by atoms with Crippen LogP contribution in [0.15, 0.2) is 89.9 Å². The highest BCUT2D eigenvalue weighted by Gasteiger charge is 2.27. The van der Waals surface area contributed by atoms with Crippen molar-refractivity contribution >= 4 is 5.71 Å². The third kappa shape index (κ3) is 3.32. The highest BCUT2D eigenvalue weighted by Crippen LogP contribution is 2.34. The lowest BCUT2D eigenvalue weighted by Crippen LogP contribution is -2.33. The number of para-hydroxylation sites is 1.